The molecule has 0 aromatic carbocycles. The van der Waals surface area contributed by atoms with Crippen molar-refractivity contribution in [2.75, 3.05) is 47.5 Å². The van der Waals surface area contributed by atoms with Crippen molar-refractivity contribution in [1.29, 1.82) is 0 Å². The van der Waals surface area contributed by atoms with E-state index in [0.717, 1.165) is 116 Å². The van der Waals surface area contributed by atoms with Crippen molar-refractivity contribution < 1.29 is 42.9 Å². The van der Waals surface area contributed by atoms with Crippen LogP contribution >= 0.6 is 0 Å². The molecule has 0 heterocycles. The summed E-state index contributed by atoms with van der Waals surface area (Å²) in [6.07, 6.45) is 61.0. The third-order valence-corrected chi connectivity index (χ3v) is 9.70. The summed E-state index contributed by atoms with van der Waals surface area (Å²) < 4.78 is 22.5. The van der Waals surface area contributed by atoms with Gasteiger partial charge in [-0.15, -0.1) is 0 Å². The van der Waals surface area contributed by atoms with Crippen molar-refractivity contribution in [2.24, 2.45) is 0 Å². The molecule has 0 aromatic heterocycles. The number of nitrogens with zero attached hydrogens (tertiary/aromatic N) is 1. The molecular weight excluding hydrogens is 815 g/mol. The predicted octanol–water partition coefficient (Wildman–Crippen LogP) is 12.4. The van der Waals surface area contributed by atoms with E-state index in [1.165, 1.54) is 0 Å². The Morgan fingerprint density at radius 1 is 0.462 bits per heavy atom. The molecule has 2 unspecified atom stereocenters. The molecule has 0 N–H and O–H groups in total. The van der Waals surface area contributed by atoms with Gasteiger partial charge in [-0.1, -0.05) is 161 Å². The minimum Gasteiger partial charge on any atom is -0.545 e. The van der Waals surface area contributed by atoms with Crippen LogP contribution in [0.15, 0.2) is 122 Å². The van der Waals surface area contributed by atoms with Gasteiger partial charge in [0.25, 0.3) is 0 Å². The third kappa shape index (κ3) is 47.5. The lowest BCUT2D eigenvalue weighted by molar-refractivity contribution is -0.870. The van der Waals surface area contributed by atoms with E-state index in [-0.39, 0.29) is 32.7 Å². The van der Waals surface area contributed by atoms with Gasteiger partial charge in [-0.25, -0.2) is 0 Å². The highest BCUT2D eigenvalue weighted by Crippen LogP contribution is 2.12. The van der Waals surface area contributed by atoms with Crippen molar-refractivity contribution in [2.45, 2.75) is 167 Å². The second-order valence-electron chi connectivity index (χ2n) is 17.0. The first-order valence-corrected chi connectivity index (χ1v) is 24.7. The number of hydrogen-bond donors (Lipinski definition) is 0. The first-order valence-electron chi connectivity index (χ1n) is 24.7. The molecule has 65 heavy (non-hydrogen) atoms. The molecule has 0 amide bonds. The molecule has 0 aromatic rings. The zero-order valence-corrected chi connectivity index (χ0v) is 41.3. The van der Waals surface area contributed by atoms with E-state index in [1.54, 1.807) is 0 Å². The van der Waals surface area contributed by atoms with Crippen LogP contribution in [-0.4, -0.2) is 82.3 Å². The van der Waals surface area contributed by atoms with Crippen LogP contribution in [0, 0.1) is 0 Å². The Bertz CT molecular complexity index is 1470. The number of ether oxygens (including phenoxy) is 4. The van der Waals surface area contributed by atoms with Gasteiger partial charge in [0.2, 0.25) is 0 Å². The van der Waals surface area contributed by atoms with E-state index in [9.17, 15) is 19.5 Å². The lowest BCUT2D eigenvalue weighted by atomic mass is 10.1. The van der Waals surface area contributed by atoms with Crippen LogP contribution in [0.3, 0.4) is 0 Å². The van der Waals surface area contributed by atoms with Crippen LogP contribution in [0.2, 0.25) is 0 Å². The number of unbranched alkanes of at least 4 members (excludes halogenated alkanes) is 8. The fourth-order valence-electron chi connectivity index (χ4n) is 5.94. The highest BCUT2D eigenvalue weighted by molar-refractivity contribution is 5.70. The van der Waals surface area contributed by atoms with Crippen LogP contribution in [0.1, 0.15) is 155 Å². The summed E-state index contributed by atoms with van der Waals surface area (Å²) in [5.41, 5.74) is 0. The smallest absolute Gasteiger partial charge is 0.306 e. The van der Waals surface area contributed by atoms with Crippen molar-refractivity contribution in [3.05, 3.63) is 122 Å². The minimum absolute atomic E-state index is 0.131. The molecule has 366 valence electrons. The zero-order valence-electron chi connectivity index (χ0n) is 41.3. The van der Waals surface area contributed by atoms with Gasteiger partial charge in [0.15, 0.2) is 12.4 Å². The van der Waals surface area contributed by atoms with Gasteiger partial charge in [-0.05, 0) is 103 Å². The molecule has 0 aliphatic heterocycles. The van der Waals surface area contributed by atoms with Gasteiger partial charge in [0.1, 0.15) is 13.2 Å². The Kier molecular flexibility index (Phi) is 43.2. The number of carboxylic acids is 1. The Hall–Kier alpha value is -4.31. The van der Waals surface area contributed by atoms with Crippen LogP contribution < -0.4 is 5.11 Å². The highest BCUT2D eigenvalue weighted by atomic mass is 16.7. The number of esters is 2. The molecule has 0 aliphatic carbocycles. The number of allylic oxidation sites excluding steroid dienone is 20. The van der Waals surface area contributed by atoms with Crippen molar-refractivity contribution >= 4 is 17.9 Å². The number of carbonyl (C=O) groups excluding carboxylic acids is 3. The largest absolute Gasteiger partial charge is 0.545 e. The van der Waals surface area contributed by atoms with Gasteiger partial charge >= 0.3 is 11.9 Å². The molecule has 9 heteroatoms. The SMILES string of the molecule is CC/C=C\C/C=C\C/C=C\C/C=C\C/C=C\C/C=C\C/C=C\CCCCCCCC(=O)OC(COC(=O)CCCCC/C=C\C/C=C\C/C=C\CC)COC(OCC[N+](C)(C)C)C(=O)[O-]. The van der Waals surface area contributed by atoms with Gasteiger partial charge in [-0.2, -0.15) is 0 Å². The summed E-state index contributed by atoms with van der Waals surface area (Å²) in [5, 5.41) is 11.7. The maximum absolute atomic E-state index is 12.8. The van der Waals surface area contributed by atoms with E-state index < -0.39 is 30.3 Å². The summed E-state index contributed by atoms with van der Waals surface area (Å²) in [4.78, 5) is 37.1. The third-order valence-electron chi connectivity index (χ3n) is 9.70. The monoisotopic (exact) mass is 904 g/mol. The van der Waals surface area contributed by atoms with Crippen molar-refractivity contribution in [3.8, 4) is 0 Å². The molecule has 2 atom stereocenters. The number of likely N-dealkylation sites (N-methyl/N-ethyl adjacent to an activating group) is 1. The Labute approximate surface area is 396 Å². The van der Waals surface area contributed by atoms with Crippen molar-refractivity contribution in [1.82, 2.24) is 0 Å². The van der Waals surface area contributed by atoms with Crippen LogP contribution in [0.4, 0.5) is 0 Å². The Morgan fingerprint density at radius 2 is 0.831 bits per heavy atom. The molecule has 0 spiro atoms. The molecule has 0 saturated heterocycles. The van der Waals surface area contributed by atoms with E-state index >= 15 is 0 Å². The second-order valence-corrected chi connectivity index (χ2v) is 17.0. The highest BCUT2D eigenvalue weighted by Gasteiger charge is 2.21. The van der Waals surface area contributed by atoms with Crippen LogP contribution in [-0.2, 0) is 33.3 Å². The summed E-state index contributed by atoms with van der Waals surface area (Å²) in [7, 11) is 5.88. The maximum Gasteiger partial charge on any atom is 0.306 e. The van der Waals surface area contributed by atoms with Gasteiger partial charge in [0, 0.05) is 12.8 Å². The van der Waals surface area contributed by atoms with Crippen LogP contribution in [0.5, 0.6) is 0 Å². The summed E-state index contributed by atoms with van der Waals surface area (Å²) >= 11 is 0. The van der Waals surface area contributed by atoms with E-state index in [1.807, 2.05) is 21.1 Å². The molecular formula is C56H89NO8. The molecule has 0 radical (unpaired) electrons. The molecule has 0 rings (SSSR count). The molecule has 9 nitrogen and oxygen atoms in total. The standard InChI is InChI=1S/C56H89NO8/c1-6-8-10-12-14-16-18-20-21-22-23-24-25-26-27-28-29-30-31-32-33-35-37-39-41-43-45-47-54(59)65-52(51-64-56(55(60)61)62-49-48-57(3,4)5)50-63-53(58)46-44-42-40-38-36-34-19-17-15-13-11-9-7-2/h8-11,14-17,20-21,23-24,26-27,29-30,32-34,36,52,56H,6-7,12-13,18-19,22,25,28,31,35,37-51H2,1-5H3/b10-8-,11-9-,16-14-,17-15-,21-20-,24-23-,27-26-,30-29-,33-32-,36-34-. The molecule has 0 saturated carbocycles. The first kappa shape index (κ1) is 60.7. The fraction of sp³-hybridized carbons (Fsp3) is 0.589. The normalized spacial score (nSPS) is 13.9. The Balaban J connectivity index is 4.43. The van der Waals surface area contributed by atoms with Crippen LogP contribution in [0.25, 0.3) is 0 Å². The average Bonchev–Trinajstić information content (AvgIpc) is 3.27. The zero-order chi connectivity index (χ0) is 47.7. The number of carboxylic acid groups (broad SMARTS) is 1. The number of carbonyl (C=O) groups is 3. The van der Waals surface area contributed by atoms with Crippen molar-refractivity contribution in [3.63, 3.8) is 0 Å². The molecule has 0 aliphatic rings. The Morgan fingerprint density at radius 3 is 1.25 bits per heavy atom. The minimum atomic E-state index is -1.64. The average molecular weight is 904 g/mol. The van der Waals surface area contributed by atoms with E-state index in [0.29, 0.717) is 23.9 Å². The maximum atomic E-state index is 12.8. The topological polar surface area (TPSA) is 111 Å². The number of hydrogen-bond acceptors (Lipinski definition) is 8. The van der Waals surface area contributed by atoms with Gasteiger partial charge in [-0.3, -0.25) is 9.59 Å². The predicted molar refractivity (Wildman–Crippen MR) is 269 cm³/mol. The number of aliphatic carboxylic acids is 1. The summed E-state index contributed by atoms with van der Waals surface area (Å²) in [6, 6.07) is 0. The van der Waals surface area contributed by atoms with E-state index in [2.05, 4.69) is 135 Å². The first-order chi connectivity index (χ1) is 31.6. The quantitative estimate of drug-likeness (QED) is 0.0196. The second kappa shape index (κ2) is 46.2. The number of quaternary nitrogens is 1. The fourth-order valence-corrected chi connectivity index (χ4v) is 5.94. The summed E-state index contributed by atoms with van der Waals surface area (Å²) in [6.45, 7) is 4.41. The lowest BCUT2D eigenvalue weighted by Gasteiger charge is -2.26. The molecule has 0 bridgehead atoms. The summed E-state index contributed by atoms with van der Waals surface area (Å²) in [5.74, 6) is -2.37. The van der Waals surface area contributed by atoms with Gasteiger partial charge < -0.3 is 33.3 Å². The van der Waals surface area contributed by atoms with E-state index in [4.69, 9.17) is 18.9 Å². The lowest BCUT2D eigenvalue weighted by Crippen LogP contribution is -2.44. The molecule has 0 fully saturated rings. The van der Waals surface area contributed by atoms with Gasteiger partial charge in [0.05, 0.1) is 40.3 Å². The number of rotatable bonds is 43.